The zero-order chi connectivity index (χ0) is 15.7. The third-order valence-corrected chi connectivity index (χ3v) is 5.61. The molecular weight excluding hydrogens is 292 g/mol. The summed E-state index contributed by atoms with van der Waals surface area (Å²) in [5, 5.41) is 3.40. The van der Waals surface area contributed by atoms with Crippen molar-refractivity contribution in [3.63, 3.8) is 0 Å². The molecule has 3 rings (SSSR count). The fourth-order valence-corrected chi connectivity index (χ4v) is 3.77. The molecule has 3 nitrogen and oxygen atoms in total. The molecule has 1 aromatic carbocycles. The fourth-order valence-electron chi connectivity index (χ4n) is 2.94. The summed E-state index contributed by atoms with van der Waals surface area (Å²) in [6.45, 7) is 13.4. The summed E-state index contributed by atoms with van der Waals surface area (Å²) in [6.07, 6.45) is 0. The van der Waals surface area contributed by atoms with Crippen LogP contribution in [0.1, 0.15) is 27.3 Å². The van der Waals surface area contributed by atoms with E-state index in [0.717, 1.165) is 38.5 Å². The summed E-state index contributed by atoms with van der Waals surface area (Å²) in [6, 6.07) is 2.28. The molecule has 0 atom stereocenters. The Balaban J connectivity index is 1.84. The normalized spacial score (nSPS) is 16.2. The van der Waals surface area contributed by atoms with Gasteiger partial charge in [0.15, 0.2) is 0 Å². The molecule has 4 heteroatoms. The summed E-state index contributed by atoms with van der Waals surface area (Å²) in [4.78, 5) is 7.30. The van der Waals surface area contributed by atoms with Gasteiger partial charge in [0.1, 0.15) is 5.01 Å². The highest BCUT2D eigenvalue weighted by Gasteiger charge is 2.15. The van der Waals surface area contributed by atoms with Crippen LogP contribution in [0, 0.1) is 27.7 Å². The van der Waals surface area contributed by atoms with Gasteiger partial charge in [0.25, 0.3) is 0 Å². The summed E-state index contributed by atoms with van der Waals surface area (Å²) < 4.78 is 5.41. The molecule has 0 bridgehead atoms. The highest BCUT2D eigenvalue weighted by atomic mass is 32.1. The topological polar surface area (TPSA) is 25.4 Å². The lowest BCUT2D eigenvalue weighted by atomic mass is 9.93. The van der Waals surface area contributed by atoms with E-state index in [1.807, 2.05) is 0 Å². The van der Waals surface area contributed by atoms with E-state index >= 15 is 0 Å². The van der Waals surface area contributed by atoms with Crippen LogP contribution in [0.4, 0.5) is 0 Å². The minimum atomic E-state index is 0.841. The van der Waals surface area contributed by atoms with E-state index in [9.17, 15) is 0 Å². The predicted molar refractivity (Wildman–Crippen MR) is 92.6 cm³/mol. The molecule has 0 radical (unpaired) electrons. The minimum absolute atomic E-state index is 0.841. The standard InChI is InChI=1S/C18H24N2OS/c1-12-9-16(15(4)14(3)13(12)2)17-11-22-18(19-17)10-20-5-7-21-8-6-20/h9,11H,5-8,10H2,1-4H3. The highest BCUT2D eigenvalue weighted by Crippen LogP contribution is 2.30. The number of ether oxygens (including phenoxy) is 1. The second kappa shape index (κ2) is 6.49. The van der Waals surface area contributed by atoms with Crippen molar-refractivity contribution in [3.05, 3.63) is 38.7 Å². The van der Waals surface area contributed by atoms with E-state index in [4.69, 9.17) is 9.72 Å². The largest absolute Gasteiger partial charge is 0.379 e. The van der Waals surface area contributed by atoms with Crippen molar-refractivity contribution < 1.29 is 4.74 Å². The van der Waals surface area contributed by atoms with E-state index < -0.39 is 0 Å². The average Bonchev–Trinajstić information content (AvgIpc) is 2.98. The van der Waals surface area contributed by atoms with Crippen LogP contribution in [0.5, 0.6) is 0 Å². The molecule has 2 heterocycles. The molecule has 1 aliphatic rings. The third kappa shape index (κ3) is 3.09. The van der Waals surface area contributed by atoms with Gasteiger partial charge in [-0.1, -0.05) is 0 Å². The summed E-state index contributed by atoms with van der Waals surface area (Å²) in [5.74, 6) is 0. The first kappa shape index (κ1) is 15.7. The molecule has 1 saturated heterocycles. The van der Waals surface area contributed by atoms with Crippen LogP contribution < -0.4 is 0 Å². The summed E-state index contributed by atoms with van der Waals surface area (Å²) in [5.41, 5.74) is 7.89. The van der Waals surface area contributed by atoms with E-state index in [-0.39, 0.29) is 0 Å². The Bertz CT molecular complexity index is 672. The number of hydrogen-bond donors (Lipinski definition) is 0. The van der Waals surface area contributed by atoms with Crippen molar-refractivity contribution in [2.24, 2.45) is 0 Å². The molecule has 2 aromatic rings. The average molecular weight is 316 g/mol. The smallest absolute Gasteiger partial charge is 0.107 e. The summed E-state index contributed by atoms with van der Waals surface area (Å²) in [7, 11) is 0. The molecule has 1 fully saturated rings. The van der Waals surface area contributed by atoms with Gasteiger partial charge in [0.2, 0.25) is 0 Å². The maximum Gasteiger partial charge on any atom is 0.107 e. The number of aryl methyl sites for hydroxylation is 1. The van der Waals surface area contributed by atoms with Gasteiger partial charge in [-0.3, -0.25) is 4.90 Å². The Morgan fingerprint density at radius 2 is 1.82 bits per heavy atom. The number of benzene rings is 1. The minimum Gasteiger partial charge on any atom is -0.379 e. The lowest BCUT2D eigenvalue weighted by Gasteiger charge is -2.25. The van der Waals surface area contributed by atoms with E-state index in [1.54, 1.807) is 11.3 Å². The van der Waals surface area contributed by atoms with Crippen molar-refractivity contribution in [3.8, 4) is 11.3 Å². The van der Waals surface area contributed by atoms with Crippen LogP contribution in [-0.4, -0.2) is 36.2 Å². The van der Waals surface area contributed by atoms with E-state index in [0.29, 0.717) is 0 Å². The Kier molecular flexibility index (Phi) is 4.62. The van der Waals surface area contributed by atoms with E-state index in [1.165, 1.54) is 32.8 Å². The van der Waals surface area contributed by atoms with Gasteiger partial charge in [-0.05, 0) is 56.0 Å². The quantitative estimate of drug-likeness (QED) is 0.859. The Hall–Kier alpha value is -1.23. The first-order valence-corrected chi connectivity index (χ1v) is 8.76. The monoisotopic (exact) mass is 316 g/mol. The van der Waals surface area contributed by atoms with Gasteiger partial charge in [0.05, 0.1) is 25.5 Å². The maximum absolute atomic E-state index is 5.41. The Morgan fingerprint density at radius 3 is 2.55 bits per heavy atom. The SMILES string of the molecule is Cc1cc(-c2csc(CN3CCOCC3)n2)c(C)c(C)c1C. The van der Waals surface area contributed by atoms with Crippen LogP contribution in [0.25, 0.3) is 11.3 Å². The molecule has 0 spiro atoms. The highest BCUT2D eigenvalue weighted by molar-refractivity contribution is 7.09. The molecule has 0 saturated carbocycles. The number of thiazole rings is 1. The first-order valence-electron chi connectivity index (χ1n) is 7.88. The molecular formula is C18H24N2OS. The molecule has 0 unspecified atom stereocenters. The zero-order valence-corrected chi connectivity index (χ0v) is 14.7. The molecule has 1 aromatic heterocycles. The molecule has 22 heavy (non-hydrogen) atoms. The third-order valence-electron chi connectivity index (χ3n) is 4.77. The lowest BCUT2D eigenvalue weighted by molar-refractivity contribution is 0.0342. The van der Waals surface area contributed by atoms with Crippen LogP contribution in [-0.2, 0) is 11.3 Å². The van der Waals surface area contributed by atoms with Crippen LogP contribution in [0.15, 0.2) is 11.4 Å². The van der Waals surface area contributed by atoms with Gasteiger partial charge < -0.3 is 4.74 Å². The molecule has 0 aliphatic carbocycles. The number of nitrogens with zero attached hydrogens (tertiary/aromatic N) is 2. The van der Waals surface area contributed by atoms with Gasteiger partial charge in [-0.15, -0.1) is 11.3 Å². The number of rotatable bonds is 3. The van der Waals surface area contributed by atoms with E-state index in [2.05, 4.69) is 44.0 Å². The first-order chi connectivity index (χ1) is 10.6. The predicted octanol–water partition coefficient (Wildman–Crippen LogP) is 3.88. The van der Waals surface area contributed by atoms with Crippen LogP contribution in [0.3, 0.4) is 0 Å². The fraction of sp³-hybridized carbons (Fsp3) is 0.500. The lowest BCUT2D eigenvalue weighted by Crippen LogP contribution is -2.35. The summed E-state index contributed by atoms with van der Waals surface area (Å²) >= 11 is 1.77. The number of morpholine rings is 1. The molecule has 1 aliphatic heterocycles. The second-order valence-corrected chi connectivity index (χ2v) is 7.07. The van der Waals surface area contributed by atoms with Gasteiger partial charge in [0, 0.05) is 24.0 Å². The second-order valence-electron chi connectivity index (χ2n) is 6.13. The Morgan fingerprint density at radius 1 is 1.09 bits per heavy atom. The number of hydrogen-bond acceptors (Lipinski definition) is 4. The van der Waals surface area contributed by atoms with Crippen molar-refractivity contribution in [1.82, 2.24) is 9.88 Å². The van der Waals surface area contributed by atoms with Crippen molar-refractivity contribution in [1.29, 1.82) is 0 Å². The Labute approximate surface area is 137 Å². The molecule has 0 amide bonds. The molecule has 0 N–H and O–H groups in total. The maximum atomic E-state index is 5.41. The van der Waals surface area contributed by atoms with Gasteiger partial charge in [-0.25, -0.2) is 4.98 Å². The van der Waals surface area contributed by atoms with Gasteiger partial charge >= 0.3 is 0 Å². The van der Waals surface area contributed by atoms with Crippen LogP contribution in [0.2, 0.25) is 0 Å². The van der Waals surface area contributed by atoms with Crippen molar-refractivity contribution in [2.45, 2.75) is 34.2 Å². The van der Waals surface area contributed by atoms with Crippen LogP contribution >= 0.6 is 11.3 Å². The van der Waals surface area contributed by atoms with Crippen molar-refractivity contribution >= 4 is 11.3 Å². The molecule has 118 valence electrons. The van der Waals surface area contributed by atoms with Crippen molar-refractivity contribution in [2.75, 3.05) is 26.3 Å². The number of aromatic nitrogens is 1. The van der Waals surface area contributed by atoms with Gasteiger partial charge in [-0.2, -0.15) is 0 Å². The zero-order valence-electron chi connectivity index (χ0n) is 13.9.